The molecule has 0 unspecified atom stereocenters. The second-order valence-electron chi connectivity index (χ2n) is 6.34. The van der Waals surface area contributed by atoms with Crippen molar-refractivity contribution in [3.8, 4) is 11.4 Å². The first-order valence-corrected chi connectivity index (χ1v) is 8.99. The van der Waals surface area contributed by atoms with Crippen molar-refractivity contribution >= 4 is 11.6 Å². The van der Waals surface area contributed by atoms with Crippen LogP contribution in [0.4, 0.5) is 14.5 Å². The maximum Gasteiger partial charge on any atom is 0.259 e. The van der Waals surface area contributed by atoms with E-state index < -0.39 is 11.7 Å². The van der Waals surface area contributed by atoms with Gasteiger partial charge in [-0.15, -0.1) is 0 Å². The van der Waals surface area contributed by atoms with Gasteiger partial charge >= 0.3 is 0 Å². The average molecular weight is 393 g/mol. The number of anilines is 1. The van der Waals surface area contributed by atoms with Gasteiger partial charge in [0.15, 0.2) is 0 Å². The lowest BCUT2D eigenvalue weighted by Crippen LogP contribution is -2.14. The molecule has 0 atom stereocenters. The molecule has 6 nitrogen and oxygen atoms in total. The number of aromatic nitrogens is 4. The number of hydrogen-bond donors (Lipinski definition) is 1. The van der Waals surface area contributed by atoms with Gasteiger partial charge in [-0.3, -0.25) is 4.79 Å². The SMILES string of the molecule is CCc1c(C(=O)Nc2ccc(-n3ccnc3)c(F)c2)cnn1-c1ccc(F)cc1. The third kappa shape index (κ3) is 3.64. The topological polar surface area (TPSA) is 64.7 Å². The molecule has 0 bridgehead atoms. The number of imidazole rings is 1. The third-order valence-electron chi connectivity index (χ3n) is 4.51. The first-order valence-electron chi connectivity index (χ1n) is 8.99. The Kier molecular flexibility index (Phi) is 4.90. The fourth-order valence-electron chi connectivity index (χ4n) is 3.10. The van der Waals surface area contributed by atoms with Crippen molar-refractivity contribution in [1.82, 2.24) is 19.3 Å². The molecule has 1 N–H and O–H groups in total. The Morgan fingerprint density at radius 2 is 1.93 bits per heavy atom. The molecule has 146 valence electrons. The van der Waals surface area contributed by atoms with Gasteiger partial charge in [0.2, 0.25) is 0 Å². The van der Waals surface area contributed by atoms with Crippen molar-refractivity contribution < 1.29 is 13.6 Å². The van der Waals surface area contributed by atoms with E-state index in [-0.39, 0.29) is 5.82 Å². The third-order valence-corrected chi connectivity index (χ3v) is 4.51. The molecule has 1 amide bonds. The van der Waals surface area contributed by atoms with E-state index in [9.17, 15) is 13.6 Å². The molecule has 8 heteroatoms. The summed E-state index contributed by atoms with van der Waals surface area (Å²) < 4.78 is 30.7. The summed E-state index contributed by atoms with van der Waals surface area (Å²) in [4.78, 5) is 16.7. The highest BCUT2D eigenvalue weighted by Gasteiger charge is 2.18. The van der Waals surface area contributed by atoms with Crippen molar-refractivity contribution in [3.05, 3.63) is 90.3 Å². The van der Waals surface area contributed by atoms with E-state index in [4.69, 9.17) is 0 Å². The van der Waals surface area contributed by atoms with Gasteiger partial charge in [0.1, 0.15) is 11.6 Å². The summed E-state index contributed by atoms with van der Waals surface area (Å²) >= 11 is 0. The van der Waals surface area contributed by atoms with Crippen LogP contribution in [0.5, 0.6) is 0 Å². The molecule has 0 fully saturated rings. The van der Waals surface area contributed by atoms with Crippen LogP contribution in [-0.4, -0.2) is 25.2 Å². The predicted octanol–water partition coefficient (Wildman–Crippen LogP) is 4.15. The fourth-order valence-corrected chi connectivity index (χ4v) is 3.10. The summed E-state index contributed by atoms with van der Waals surface area (Å²) in [6.07, 6.45) is 6.67. The van der Waals surface area contributed by atoms with Gasteiger partial charge in [0.05, 0.1) is 35.2 Å². The smallest absolute Gasteiger partial charge is 0.259 e. The maximum atomic E-state index is 14.4. The number of benzene rings is 2. The Morgan fingerprint density at radius 3 is 2.59 bits per heavy atom. The Balaban J connectivity index is 1.59. The van der Waals surface area contributed by atoms with E-state index in [0.717, 1.165) is 0 Å². The number of halogens is 2. The van der Waals surface area contributed by atoms with E-state index in [1.165, 1.54) is 30.7 Å². The quantitative estimate of drug-likeness (QED) is 0.554. The minimum absolute atomic E-state index is 0.327. The van der Waals surface area contributed by atoms with Crippen molar-refractivity contribution in [1.29, 1.82) is 0 Å². The van der Waals surface area contributed by atoms with Crippen molar-refractivity contribution in [3.63, 3.8) is 0 Å². The van der Waals surface area contributed by atoms with Gasteiger partial charge in [0.25, 0.3) is 5.91 Å². The van der Waals surface area contributed by atoms with Crippen LogP contribution in [-0.2, 0) is 6.42 Å². The van der Waals surface area contributed by atoms with E-state index in [1.54, 1.807) is 45.9 Å². The van der Waals surface area contributed by atoms with Gasteiger partial charge in [-0.2, -0.15) is 5.10 Å². The van der Waals surface area contributed by atoms with Crippen LogP contribution in [0.1, 0.15) is 23.0 Å². The zero-order chi connectivity index (χ0) is 20.4. The zero-order valence-corrected chi connectivity index (χ0v) is 15.5. The lowest BCUT2D eigenvalue weighted by atomic mass is 10.1. The molecule has 2 aromatic carbocycles. The lowest BCUT2D eigenvalue weighted by molar-refractivity contribution is 0.102. The highest BCUT2D eigenvalue weighted by atomic mass is 19.1. The molecule has 0 saturated heterocycles. The normalized spacial score (nSPS) is 10.9. The second-order valence-corrected chi connectivity index (χ2v) is 6.34. The Bertz CT molecular complexity index is 1150. The average Bonchev–Trinajstić information content (AvgIpc) is 3.38. The van der Waals surface area contributed by atoms with Crippen LogP contribution in [0.2, 0.25) is 0 Å². The van der Waals surface area contributed by atoms with Crippen LogP contribution in [0.15, 0.2) is 67.4 Å². The standard InChI is InChI=1S/C21H17F2N5O/c1-2-19-17(12-25-28(19)16-6-3-14(22)4-7-16)21(29)26-15-5-8-20(18(23)11-15)27-10-9-24-13-27/h3-13H,2H2,1H3,(H,26,29). The largest absolute Gasteiger partial charge is 0.322 e. The number of nitrogens with one attached hydrogen (secondary N) is 1. The molecule has 2 aromatic heterocycles. The molecule has 0 radical (unpaired) electrons. The highest BCUT2D eigenvalue weighted by Crippen LogP contribution is 2.21. The number of carbonyl (C=O) groups is 1. The van der Waals surface area contributed by atoms with Crippen molar-refractivity contribution in [2.24, 2.45) is 0 Å². The van der Waals surface area contributed by atoms with E-state index in [0.29, 0.717) is 34.7 Å². The minimum atomic E-state index is -0.487. The molecule has 0 aliphatic rings. The van der Waals surface area contributed by atoms with Crippen molar-refractivity contribution in [2.45, 2.75) is 13.3 Å². The lowest BCUT2D eigenvalue weighted by Gasteiger charge is -2.10. The number of nitrogens with zero attached hydrogens (tertiary/aromatic N) is 4. The van der Waals surface area contributed by atoms with Gasteiger partial charge in [-0.25, -0.2) is 18.4 Å². The molecule has 4 aromatic rings. The summed E-state index contributed by atoms with van der Waals surface area (Å²) in [5.41, 5.74) is 2.35. The summed E-state index contributed by atoms with van der Waals surface area (Å²) in [7, 11) is 0. The number of carbonyl (C=O) groups excluding carboxylic acids is 1. The molecule has 29 heavy (non-hydrogen) atoms. The summed E-state index contributed by atoms with van der Waals surface area (Å²) in [6.45, 7) is 1.90. The Labute approximate surface area is 165 Å². The van der Waals surface area contributed by atoms with Gasteiger partial charge < -0.3 is 9.88 Å². The van der Waals surface area contributed by atoms with Gasteiger partial charge in [-0.1, -0.05) is 6.92 Å². The van der Waals surface area contributed by atoms with Crippen LogP contribution in [0.3, 0.4) is 0 Å². The first kappa shape index (κ1) is 18.5. The monoisotopic (exact) mass is 393 g/mol. The molecule has 4 rings (SSSR count). The van der Waals surface area contributed by atoms with Gasteiger partial charge in [0, 0.05) is 18.1 Å². The number of rotatable bonds is 5. The second kappa shape index (κ2) is 7.67. The Morgan fingerprint density at radius 1 is 1.14 bits per heavy atom. The fraction of sp³-hybridized carbons (Fsp3) is 0.0952. The van der Waals surface area contributed by atoms with Crippen LogP contribution >= 0.6 is 0 Å². The summed E-state index contributed by atoms with van der Waals surface area (Å²) in [5, 5.41) is 6.97. The van der Waals surface area contributed by atoms with Gasteiger partial charge in [-0.05, 0) is 48.9 Å². The summed E-state index contributed by atoms with van der Waals surface area (Å²) in [5.74, 6) is -1.23. The molecule has 0 saturated carbocycles. The highest BCUT2D eigenvalue weighted by molar-refractivity contribution is 6.05. The molecular weight excluding hydrogens is 376 g/mol. The van der Waals surface area contributed by atoms with Crippen LogP contribution < -0.4 is 5.32 Å². The van der Waals surface area contributed by atoms with Crippen LogP contribution in [0, 0.1) is 11.6 Å². The van der Waals surface area contributed by atoms with E-state index >= 15 is 0 Å². The Hall–Kier alpha value is -3.81. The van der Waals surface area contributed by atoms with Crippen LogP contribution in [0.25, 0.3) is 11.4 Å². The first-order chi connectivity index (χ1) is 14.1. The molecule has 0 aliphatic heterocycles. The number of hydrogen-bond acceptors (Lipinski definition) is 3. The molecule has 2 heterocycles. The zero-order valence-electron chi connectivity index (χ0n) is 15.5. The van der Waals surface area contributed by atoms with E-state index in [2.05, 4.69) is 15.4 Å². The molecule has 0 spiro atoms. The molecular formula is C21H17F2N5O. The van der Waals surface area contributed by atoms with E-state index in [1.807, 2.05) is 6.92 Å². The minimum Gasteiger partial charge on any atom is -0.322 e. The maximum absolute atomic E-state index is 14.4. The summed E-state index contributed by atoms with van der Waals surface area (Å²) in [6, 6.07) is 10.3. The van der Waals surface area contributed by atoms with Crippen molar-refractivity contribution in [2.75, 3.05) is 5.32 Å². The molecule has 0 aliphatic carbocycles. The predicted molar refractivity (Wildman–Crippen MR) is 104 cm³/mol. The number of amides is 1.